The molecule has 1 saturated heterocycles. The zero-order valence-electron chi connectivity index (χ0n) is 23.0. The van der Waals surface area contributed by atoms with Gasteiger partial charge in [-0.25, -0.2) is 0 Å². The summed E-state index contributed by atoms with van der Waals surface area (Å²) in [6.45, 7) is 2.56. The smallest absolute Gasteiger partial charge is 0.311 e. The Balaban J connectivity index is 1.14. The van der Waals surface area contributed by atoms with Crippen LogP contribution in [0.4, 0.5) is 0 Å². The summed E-state index contributed by atoms with van der Waals surface area (Å²) in [5.41, 5.74) is 3.31. The molecular formula is C32H47NO4. The molecule has 3 aliphatic carbocycles. The molecule has 5 rings (SSSR count). The second-order valence-electron chi connectivity index (χ2n) is 12.3. The lowest BCUT2D eigenvalue weighted by Crippen LogP contribution is -2.61. The molecule has 0 unspecified atom stereocenters. The van der Waals surface area contributed by atoms with Gasteiger partial charge >= 0.3 is 11.9 Å². The molecule has 3 atom stereocenters. The molecule has 0 aromatic heterocycles. The Hall–Kier alpha value is -1.88. The van der Waals surface area contributed by atoms with Gasteiger partial charge < -0.3 is 9.47 Å². The number of likely N-dealkylation sites (tertiary alicyclic amines) is 1. The average molecular weight is 510 g/mol. The van der Waals surface area contributed by atoms with Crippen LogP contribution < -0.4 is 4.74 Å². The Kier molecular flexibility index (Phi) is 8.89. The zero-order valence-corrected chi connectivity index (χ0v) is 23.0. The van der Waals surface area contributed by atoms with Gasteiger partial charge in [0.05, 0.1) is 7.11 Å². The molecule has 0 N–H and O–H groups in total. The van der Waals surface area contributed by atoms with Crippen molar-refractivity contribution in [3.63, 3.8) is 0 Å². The van der Waals surface area contributed by atoms with Crippen molar-refractivity contribution in [2.45, 2.75) is 121 Å². The Morgan fingerprint density at radius 1 is 0.919 bits per heavy atom. The van der Waals surface area contributed by atoms with Crippen molar-refractivity contribution in [2.24, 2.45) is 11.8 Å². The van der Waals surface area contributed by atoms with E-state index in [9.17, 15) is 9.59 Å². The maximum Gasteiger partial charge on any atom is 0.311 e. The number of carbonyl (C=O) groups is 2. The summed E-state index contributed by atoms with van der Waals surface area (Å²) in [7, 11) is 1.44. The van der Waals surface area contributed by atoms with Gasteiger partial charge in [-0.05, 0) is 93.0 Å². The lowest BCUT2D eigenvalue weighted by Gasteiger charge is -2.59. The summed E-state index contributed by atoms with van der Waals surface area (Å²) in [6.07, 6.45) is 19.1. The SMILES string of the molecule is COC(=O)CCCCCCCCC(=O)Oc1ccc2c(c1)[C@@]13CCCC[C@H]1[C@H](C2)N(CC1CCC1)CC3. The van der Waals surface area contributed by atoms with Crippen LogP contribution in [0.3, 0.4) is 0 Å². The molecular weight excluding hydrogens is 462 g/mol. The highest BCUT2D eigenvalue weighted by Gasteiger charge is 2.54. The lowest BCUT2D eigenvalue weighted by molar-refractivity contribution is -0.140. The van der Waals surface area contributed by atoms with Gasteiger partial charge in [-0.15, -0.1) is 0 Å². The first-order valence-electron chi connectivity index (χ1n) is 15.2. The fraction of sp³-hybridized carbons (Fsp3) is 0.750. The Morgan fingerprint density at radius 2 is 1.68 bits per heavy atom. The van der Waals surface area contributed by atoms with Gasteiger partial charge in [0.1, 0.15) is 5.75 Å². The Morgan fingerprint density at radius 3 is 2.41 bits per heavy atom. The van der Waals surface area contributed by atoms with E-state index in [1.807, 2.05) is 6.07 Å². The van der Waals surface area contributed by atoms with Crippen LogP contribution in [0, 0.1) is 11.8 Å². The number of unbranched alkanes of at least 4 members (excludes halogenated alkanes) is 5. The number of hydrogen-bond donors (Lipinski definition) is 0. The number of piperidine rings is 1. The van der Waals surface area contributed by atoms with Crippen LogP contribution >= 0.6 is 0 Å². The molecule has 1 heterocycles. The predicted octanol–water partition coefficient (Wildman–Crippen LogP) is 6.74. The van der Waals surface area contributed by atoms with Gasteiger partial charge in [0.25, 0.3) is 0 Å². The molecule has 3 fully saturated rings. The minimum absolute atomic E-state index is 0.104. The highest BCUT2D eigenvalue weighted by molar-refractivity contribution is 5.72. The number of benzene rings is 1. The third kappa shape index (κ3) is 6.08. The number of methoxy groups -OCH3 is 1. The van der Waals surface area contributed by atoms with E-state index in [-0.39, 0.29) is 11.9 Å². The molecule has 4 aliphatic rings. The fourth-order valence-corrected chi connectivity index (χ4v) is 7.89. The molecule has 37 heavy (non-hydrogen) atoms. The van der Waals surface area contributed by atoms with Gasteiger partial charge in [0, 0.05) is 30.8 Å². The van der Waals surface area contributed by atoms with Gasteiger partial charge in [0.2, 0.25) is 0 Å². The van der Waals surface area contributed by atoms with E-state index in [1.165, 1.54) is 89.1 Å². The van der Waals surface area contributed by atoms with E-state index in [0.29, 0.717) is 24.3 Å². The van der Waals surface area contributed by atoms with Crippen LogP contribution in [0.25, 0.3) is 0 Å². The standard InChI is InChI=1S/C32H47NO4/c1-36-30(34)14-6-4-2-3-5-7-15-31(35)37-26-17-16-25-21-29-27-13-8-9-18-32(27,28(25)22-26)19-20-33(29)23-24-11-10-12-24/h16-17,22,24,27,29H,2-15,18-21,23H2,1H3/t27-,29-,32+/m0/s1. The van der Waals surface area contributed by atoms with Crippen molar-refractivity contribution in [3.8, 4) is 5.75 Å². The first-order chi connectivity index (χ1) is 18.1. The second-order valence-corrected chi connectivity index (χ2v) is 12.3. The maximum absolute atomic E-state index is 12.6. The van der Waals surface area contributed by atoms with E-state index >= 15 is 0 Å². The van der Waals surface area contributed by atoms with Crippen molar-refractivity contribution in [1.82, 2.24) is 4.90 Å². The van der Waals surface area contributed by atoms with Crippen LogP contribution in [-0.4, -0.2) is 43.1 Å². The molecule has 2 bridgehead atoms. The molecule has 5 heteroatoms. The first-order valence-corrected chi connectivity index (χ1v) is 15.2. The van der Waals surface area contributed by atoms with Crippen molar-refractivity contribution in [1.29, 1.82) is 0 Å². The van der Waals surface area contributed by atoms with Crippen LogP contribution in [0.5, 0.6) is 5.75 Å². The van der Waals surface area contributed by atoms with E-state index in [1.54, 1.807) is 0 Å². The summed E-state index contributed by atoms with van der Waals surface area (Å²) in [5.74, 6) is 2.22. The zero-order chi connectivity index (χ0) is 25.7. The van der Waals surface area contributed by atoms with Gasteiger partial charge in [-0.1, -0.05) is 51.0 Å². The van der Waals surface area contributed by atoms with Gasteiger partial charge in [-0.2, -0.15) is 0 Å². The normalized spacial score (nSPS) is 27.1. The number of rotatable bonds is 12. The summed E-state index contributed by atoms with van der Waals surface area (Å²) in [5, 5.41) is 0. The number of nitrogens with zero attached hydrogens (tertiary/aromatic N) is 1. The number of carbonyl (C=O) groups excluding carboxylic acids is 2. The van der Waals surface area contributed by atoms with E-state index in [2.05, 4.69) is 21.8 Å². The average Bonchev–Trinajstić information content (AvgIpc) is 2.88. The van der Waals surface area contributed by atoms with Crippen molar-refractivity contribution >= 4 is 11.9 Å². The third-order valence-electron chi connectivity index (χ3n) is 10.1. The van der Waals surface area contributed by atoms with E-state index < -0.39 is 0 Å². The monoisotopic (exact) mass is 509 g/mol. The largest absolute Gasteiger partial charge is 0.469 e. The molecule has 5 nitrogen and oxygen atoms in total. The lowest BCUT2D eigenvalue weighted by atomic mass is 9.52. The van der Waals surface area contributed by atoms with Crippen molar-refractivity contribution in [2.75, 3.05) is 20.2 Å². The van der Waals surface area contributed by atoms with Crippen LogP contribution in [0.15, 0.2) is 18.2 Å². The molecule has 1 aromatic carbocycles. The molecule has 2 saturated carbocycles. The minimum atomic E-state index is -0.127. The Bertz CT molecular complexity index is 941. The Labute approximate surface area is 223 Å². The molecule has 0 spiro atoms. The minimum Gasteiger partial charge on any atom is -0.469 e. The van der Waals surface area contributed by atoms with Crippen molar-refractivity contribution in [3.05, 3.63) is 29.3 Å². The van der Waals surface area contributed by atoms with Crippen LogP contribution in [-0.2, 0) is 26.2 Å². The summed E-state index contributed by atoms with van der Waals surface area (Å²) >= 11 is 0. The topological polar surface area (TPSA) is 55.8 Å². The summed E-state index contributed by atoms with van der Waals surface area (Å²) in [4.78, 5) is 26.6. The van der Waals surface area contributed by atoms with E-state index in [0.717, 1.165) is 56.1 Å². The maximum atomic E-state index is 12.6. The van der Waals surface area contributed by atoms with Gasteiger partial charge in [-0.3, -0.25) is 14.5 Å². The molecule has 1 aromatic rings. The number of esters is 2. The third-order valence-corrected chi connectivity index (χ3v) is 10.1. The van der Waals surface area contributed by atoms with Crippen molar-refractivity contribution < 1.29 is 19.1 Å². The van der Waals surface area contributed by atoms with Crippen LogP contribution in [0.1, 0.15) is 114 Å². The number of ether oxygens (including phenoxy) is 2. The summed E-state index contributed by atoms with van der Waals surface area (Å²) in [6, 6.07) is 7.28. The molecule has 0 amide bonds. The highest BCUT2D eigenvalue weighted by atomic mass is 16.5. The number of fused-ring (bicyclic) bond motifs is 1. The first kappa shape index (κ1) is 26.7. The molecule has 1 aliphatic heterocycles. The predicted molar refractivity (Wildman–Crippen MR) is 146 cm³/mol. The number of hydrogen-bond acceptors (Lipinski definition) is 5. The van der Waals surface area contributed by atoms with Gasteiger partial charge in [0.15, 0.2) is 0 Å². The highest BCUT2D eigenvalue weighted by Crippen LogP contribution is 2.56. The fourth-order valence-electron chi connectivity index (χ4n) is 7.89. The summed E-state index contributed by atoms with van der Waals surface area (Å²) < 4.78 is 10.6. The second kappa shape index (κ2) is 12.3. The quantitative estimate of drug-likeness (QED) is 0.177. The van der Waals surface area contributed by atoms with E-state index in [4.69, 9.17) is 4.74 Å². The molecule has 204 valence electrons. The van der Waals surface area contributed by atoms with Crippen LogP contribution in [0.2, 0.25) is 0 Å². The molecule has 0 radical (unpaired) electrons.